The summed E-state index contributed by atoms with van der Waals surface area (Å²) in [7, 11) is 1.95. The molecule has 18 heavy (non-hydrogen) atoms. The number of carbonyl (C=O) groups is 1. The highest BCUT2D eigenvalue weighted by atomic mass is 16.2. The molecule has 1 fully saturated rings. The zero-order valence-corrected chi connectivity index (χ0v) is 11.3. The Balaban J connectivity index is 2.12. The minimum Gasteiger partial charge on any atom is -0.337 e. The zero-order chi connectivity index (χ0) is 13.1. The lowest BCUT2D eigenvalue weighted by atomic mass is 10.1. The standard InChI is InChI=1S/C14H21N3O/c1-10(2)13-8-11(4-6-16-13)14(18)17-7-5-12(9-17)15-3/h4,6,8,10,12,15H,5,7,9H2,1-3H3. The first-order valence-corrected chi connectivity index (χ1v) is 6.54. The largest absolute Gasteiger partial charge is 0.337 e. The molecule has 4 nitrogen and oxygen atoms in total. The number of rotatable bonds is 3. The lowest BCUT2D eigenvalue weighted by Gasteiger charge is -2.17. The fraction of sp³-hybridized carbons (Fsp3) is 0.571. The molecule has 2 rings (SSSR count). The Bertz CT molecular complexity index is 431. The molecule has 0 aliphatic carbocycles. The minimum atomic E-state index is 0.122. The third kappa shape index (κ3) is 2.70. The van der Waals surface area contributed by atoms with Gasteiger partial charge in [0, 0.05) is 36.6 Å². The average molecular weight is 247 g/mol. The van der Waals surface area contributed by atoms with Crippen molar-refractivity contribution < 1.29 is 4.79 Å². The zero-order valence-electron chi connectivity index (χ0n) is 11.3. The number of likely N-dealkylation sites (N-methyl/N-ethyl adjacent to an activating group) is 1. The van der Waals surface area contributed by atoms with E-state index >= 15 is 0 Å². The van der Waals surface area contributed by atoms with Crippen LogP contribution in [0.4, 0.5) is 0 Å². The highest BCUT2D eigenvalue weighted by Crippen LogP contribution is 2.16. The van der Waals surface area contributed by atoms with Gasteiger partial charge in [-0.1, -0.05) is 13.8 Å². The molecule has 1 atom stereocenters. The fourth-order valence-corrected chi connectivity index (χ4v) is 2.26. The van der Waals surface area contributed by atoms with E-state index in [1.54, 1.807) is 12.3 Å². The second kappa shape index (κ2) is 5.48. The third-order valence-corrected chi connectivity index (χ3v) is 3.50. The van der Waals surface area contributed by atoms with Crippen LogP contribution in [0.1, 0.15) is 42.2 Å². The predicted octanol–water partition coefficient (Wildman–Crippen LogP) is 1.64. The Labute approximate surface area is 108 Å². The monoisotopic (exact) mass is 247 g/mol. The van der Waals surface area contributed by atoms with Gasteiger partial charge in [-0.15, -0.1) is 0 Å². The molecular weight excluding hydrogens is 226 g/mol. The summed E-state index contributed by atoms with van der Waals surface area (Å²) in [4.78, 5) is 18.6. The molecule has 1 saturated heterocycles. The molecule has 1 amide bonds. The molecular formula is C14H21N3O. The van der Waals surface area contributed by atoms with Crippen molar-refractivity contribution in [3.8, 4) is 0 Å². The third-order valence-electron chi connectivity index (χ3n) is 3.50. The van der Waals surface area contributed by atoms with E-state index in [1.807, 2.05) is 18.0 Å². The first-order chi connectivity index (χ1) is 8.61. The van der Waals surface area contributed by atoms with Crippen molar-refractivity contribution in [1.82, 2.24) is 15.2 Å². The number of hydrogen-bond donors (Lipinski definition) is 1. The number of aromatic nitrogens is 1. The van der Waals surface area contributed by atoms with Crippen LogP contribution in [0, 0.1) is 0 Å². The van der Waals surface area contributed by atoms with E-state index in [2.05, 4.69) is 24.1 Å². The van der Waals surface area contributed by atoms with Crippen LogP contribution >= 0.6 is 0 Å². The van der Waals surface area contributed by atoms with Crippen LogP contribution in [0.2, 0.25) is 0 Å². The van der Waals surface area contributed by atoms with Gasteiger partial charge in [0.05, 0.1) is 0 Å². The van der Waals surface area contributed by atoms with Crippen molar-refractivity contribution in [3.05, 3.63) is 29.6 Å². The summed E-state index contributed by atoms with van der Waals surface area (Å²) in [5, 5.41) is 3.22. The van der Waals surface area contributed by atoms with Crippen molar-refractivity contribution in [2.75, 3.05) is 20.1 Å². The van der Waals surface area contributed by atoms with Gasteiger partial charge in [-0.2, -0.15) is 0 Å². The van der Waals surface area contributed by atoms with Crippen LogP contribution in [-0.2, 0) is 0 Å². The van der Waals surface area contributed by atoms with E-state index in [0.29, 0.717) is 12.0 Å². The Morgan fingerprint density at radius 2 is 2.33 bits per heavy atom. The predicted molar refractivity (Wildman–Crippen MR) is 71.7 cm³/mol. The van der Waals surface area contributed by atoms with Gasteiger partial charge in [-0.3, -0.25) is 9.78 Å². The van der Waals surface area contributed by atoms with Crippen molar-refractivity contribution in [1.29, 1.82) is 0 Å². The molecule has 1 aliphatic rings. The Morgan fingerprint density at radius 3 is 2.94 bits per heavy atom. The molecule has 1 unspecified atom stereocenters. The molecule has 0 aromatic carbocycles. The lowest BCUT2D eigenvalue weighted by Crippen LogP contribution is -2.33. The van der Waals surface area contributed by atoms with E-state index in [-0.39, 0.29) is 5.91 Å². The smallest absolute Gasteiger partial charge is 0.254 e. The van der Waals surface area contributed by atoms with Gasteiger partial charge in [0.1, 0.15) is 0 Å². The van der Waals surface area contributed by atoms with Crippen LogP contribution in [-0.4, -0.2) is 42.0 Å². The summed E-state index contributed by atoms with van der Waals surface area (Å²) in [6.07, 6.45) is 2.76. The van der Waals surface area contributed by atoms with Gasteiger partial charge < -0.3 is 10.2 Å². The SMILES string of the molecule is CNC1CCN(C(=O)c2ccnc(C(C)C)c2)C1. The van der Waals surface area contributed by atoms with Crippen molar-refractivity contribution in [2.24, 2.45) is 0 Å². The molecule has 98 valence electrons. The number of pyridine rings is 1. The Kier molecular flexibility index (Phi) is 3.97. The maximum absolute atomic E-state index is 12.4. The molecule has 1 aliphatic heterocycles. The van der Waals surface area contributed by atoms with E-state index in [4.69, 9.17) is 0 Å². The van der Waals surface area contributed by atoms with Crippen LogP contribution in [0.25, 0.3) is 0 Å². The topological polar surface area (TPSA) is 45.2 Å². The molecule has 0 saturated carbocycles. The quantitative estimate of drug-likeness (QED) is 0.883. The van der Waals surface area contributed by atoms with Gasteiger partial charge in [0.25, 0.3) is 5.91 Å². The van der Waals surface area contributed by atoms with Gasteiger partial charge in [0.2, 0.25) is 0 Å². The average Bonchev–Trinajstić information content (AvgIpc) is 2.86. The number of nitrogens with zero attached hydrogens (tertiary/aromatic N) is 2. The van der Waals surface area contributed by atoms with Crippen LogP contribution in [0.15, 0.2) is 18.3 Å². The van der Waals surface area contributed by atoms with Crippen LogP contribution < -0.4 is 5.32 Å². The molecule has 2 heterocycles. The summed E-state index contributed by atoms with van der Waals surface area (Å²) < 4.78 is 0. The van der Waals surface area contributed by atoms with E-state index < -0.39 is 0 Å². The molecule has 0 spiro atoms. The maximum Gasteiger partial charge on any atom is 0.254 e. The highest BCUT2D eigenvalue weighted by Gasteiger charge is 2.26. The van der Waals surface area contributed by atoms with Crippen molar-refractivity contribution in [2.45, 2.75) is 32.2 Å². The van der Waals surface area contributed by atoms with Crippen molar-refractivity contribution in [3.63, 3.8) is 0 Å². The number of hydrogen-bond acceptors (Lipinski definition) is 3. The summed E-state index contributed by atoms with van der Waals surface area (Å²) in [6.45, 7) is 5.81. The number of nitrogens with one attached hydrogen (secondary N) is 1. The maximum atomic E-state index is 12.4. The lowest BCUT2D eigenvalue weighted by molar-refractivity contribution is 0.0789. The number of amides is 1. The number of likely N-dealkylation sites (tertiary alicyclic amines) is 1. The van der Waals surface area contributed by atoms with Crippen molar-refractivity contribution >= 4 is 5.91 Å². The van der Waals surface area contributed by atoms with E-state index in [1.165, 1.54) is 0 Å². The highest BCUT2D eigenvalue weighted by molar-refractivity contribution is 5.94. The van der Waals surface area contributed by atoms with Crippen LogP contribution in [0.3, 0.4) is 0 Å². The minimum absolute atomic E-state index is 0.122. The van der Waals surface area contributed by atoms with E-state index in [0.717, 1.165) is 30.8 Å². The van der Waals surface area contributed by atoms with Gasteiger partial charge in [-0.25, -0.2) is 0 Å². The first kappa shape index (κ1) is 13.0. The normalized spacial score (nSPS) is 19.6. The van der Waals surface area contributed by atoms with Crippen LogP contribution in [0.5, 0.6) is 0 Å². The van der Waals surface area contributed by atoms with E-state index in [9.17, 15) is 4.79 Å². The summed E-state index contributed by atoms with van der Waals surface area (Å²) in [6, 6.07) is 4.15. The summed E-state index contributed by atoms with van der Waals surface area (Å²) >= 11 is 0. The Morgan fingerprint density at radius 1 is 1.56 bits per heavy atom. The molecule has 0 radical (unpaired) electrons. The molecule has 1 aromatic heterocycles. The molecule has 1 aromatic rings. The van der Waals surface area contributed by atoms with Gasteiger partial charge in [0.15, 0.2) is 0 Å². The summed E-state index contributed by atoms with van der Waals surface area (Å²) in [5.74, 6) is 0.471. The molecule has 0 bridgehead atoms. The second-order valence-corrected chi connectivity index (χ2v) is 5.15. The van der Waals surface area contributed by atoms with Gasteiger partial charge in [-0.05, 0) is 31.5 Å². The summed E-state index contributed by atoms with van der Waals surface area (Å²) in [5.41, 5.74) is 1.73. The Hall–Kier alpha value is -1.42. The fourth-order valence-electron chi connectivity index (χ4n) is 2.26. The first-order valence-electron chi connectivity index (χ1n) is 6.54. The molecule has 1 N–H and O–H groups in total. The second-order valence-electron chi connectivity index (χ2n) is 5.15. The van der Waals surface area contributed by atoms with Gasteiger partial charge >= 0.3 is 0 Å². The molecule has 4 heteroatoms. The number of carbonyl (C=O) groups excluding carboxylic acids is 1.